The molecule has 0 saturated heterocycles. The molecule has 0 bridgehead atoms. The van der Waals surface area contributed by atoms with Gasteiger partial charge in [0, 0.05) is 0 Å². The van der Waals surface area contributed by atoms with Crippen LogP contribution in [0.4, 0.5) is 0 Å². The molecule has 1 N–H and O–H groups in total. The van der Waals surface area contributed by atoms with E-state index >= 15 is 0 Å². The molecule has 5 heteroatoms. The van der Waals surface area contributed by atoms with E-state index in [1.54, 1.807) is 23.9 Å². The SMILES string of the molecule is Cc1nn(-c2ccc([C@H](C)O)nc2)c(C)c1Cl. The number of aromatic nitrogens is 3. The fourth-order valence-corrected chi connectivity index (χ4v) is 1.76. The Morgan fingerprint density at radius 1 is 1.35 bits per heavy atom. The summed E-state index contributed by atoms with van der Waals surface area (Å²) < 4.78 is 1.75. The first-order valence-electron chi connectivity index (χ1n) is 5.37. The van der Waals surface area contributed by atoms with Gasteiger partial charge in [-0.05, 0) is 32.9 Å². The molecule has 2 rings (SSSR count). The van der Waals surface area contributed by atoms with Crippen molar-refractivity contribution in [1.82, 2.24) is 14.8 Å². The van der Waals surface area contributed by atoms with Gasteiger partial charge in [0.25, 0.3) is 0 Å². The maximum absolute atomic E-state index is 9.38. The summed E-state index contributed by atoms with van der Waals surface area (Å²) in [5.74, 6) is 0. The number of aliphatic hydroxyl groups excluding tert-OH is 1. The highest BCUT2D eigenvalue weighted by Crippen LogP contribution is 2.22. The third-order valence-corrected chi connectivity index (χ3v) is 3.19. The second-order valence-electron chi connectivity index (χ2n) is 4.01. The molecular weight excluding hydrogens is 238 g/mol. The molecule has 4 nitrogen and oxygen atoms in total. The third kappa shape index (κ3) is 2.18. The van der Waals surface area contributed by atoms with E-state index in [1.165, 1.54) is 0 Å². The summed E-state index contributed by atoms with van der Waals surface area (Å²) >= 11 is 6.09. The summed E-state index contributed by atoms with van der Waals surface area (Å²) in [6, 6.07) is 3.65. The van der Waals surface area contributed by atoms with E-state index in [9.17, 15) is 5.11 Å². The quantitative estimate of drug-likeness (QED) is 0.893. The average Bonchev–Trinajstić information content (AvgIpc) is 2.57. The lowest BCUT2D eigenvalue weighted by Gasteiger charge is -2.06. The van der Waals surface area contributed by atoms with E-state index in [1.807, 2.05) is 19.9 Å². The summed E-state index contributed by atoms with van der Waals surface area (Å²) in [6.45, 7) is 5.45. The van der Waals surface area contributed by atoms with Gasteiger partial charge in [-0.1, -0.05) is 11.6 Å². The van der Waals surface area contributed by atoms with Crippen molar-refractivity contribution in [1.29, 1.82) is 0 Å². The molecule has 90 valence electrons. The van der Waals surface area contributed by atoms with Crippen LogP contribution in [0.1, 0.15) is 30.1 Å². The van der Waals surface area contributed by atoms with Crippen molar-refractivity contribution >= 4 is 11.6 Å². The molecule has 2 aromatic rings. The van der Waals surface area contributed by atoms with Crippen LogP contribution in [0.25, 0.3) is 5.69 Å². The number of hydrogen-bond acceptors (Lipinski definition) is 3. The second kappa shape index (κ2) is 4.47. The predicted octanol–water partition coefficient (Wildman–Crippen LogP) is 2.59. The number of pyridine rings is 1. The van der Waals surface area contributed by atoms with E-state index in [4.69, 9.17) is 11.6 Å². The van der Waals surface area contributed by atoms with Crippen LogP contribution < -0.4 is 0 Å². The summed E-state index contributed by atoms with van der Waals surface area (Å²) in [5, 5.41) is 14.4. The van der Waals surface area contributed by atoms with E-state index in [-0.39, 0.29) is 0 Å². The molecule has 0 aliphatic heterocycles. The summed E-state index contributed by atoms with van der Waals surface area (Å²) in [4.78, 5) is 4.18. The maximum atomic E-state index is 9.38. The van der Waals surface area contributed by atoms with E-state index < -0.39 is 6.10 Å². The molecule has 0 amide bonds. The molecular formula is C12H14ClN3O. The lowest BCUT2D eigenvalue weighted by Crippen LogP contribution is -2.02. The van der Waals surface area contributed by atoms with E-state index in [0.29, 0.717) is 10.7 Å². The van der Waals surface area contributed by atoms with Gasteiger partial charge < -0.3 is 5.11 Å². The van der Waals surface area contributed by atoms with Crippen molar-refractivity contribution in [3.8, 4) is 5.69 Å². The molecule has 0 aromatic carbocycles. The Morgan fingerprint density at radius 3 is 2.47 bits per heavy atom. The molecule has 0 fully saturated rings. The molecule has 1 atom stereocenters. The highest BCUT2D eigenvalue weighted by molar-refractivity contribution is 6.31. The van der Waals surface area contributed by atoms with Gasteiger partial charge in [0.2, 0.25) is 0 Å². The fourth-order valence-electron chi connectivity index (χ4n) is 1.64. The maximum Gasteiger partial charge on any atom is 0.0931 e. The monoisotopic (exact) mass is 251 g/mol. The van der Waals surface area contributed by atoms with Gasteiger partial charge >= 0.3 is 0 Å². The van der Waals surface area contributed by atoms with Crippen molar-refractivity contribution in [3.63, 3.8) is 0 Å². The Hall–Kier alpha value is -1.39. The van der Waals surface area contributed by atoms with Gasteiger partial charge in [-0.3, -0.25) is 4.98 Å². The molecule has 0 spiro atoms. The van der Waals surface area contributed by atoms with Gasteiger partial charge in [0.1, 0.15) is 0 Å². The van der Waals surface area contributed by atoms with Crippen LogP contribution in [0.2, 0.25) is 5.02 Å². The Kier molecular flexibility index (Phi) is 3.17. The summed E-state index contributed by atoms with van der Waals surface area (Å²) in [5.41, 5.74) is 3.16. The van der Waals surface area contributed by atoms with E-state index in [0.717, 1.165) is 17.1 Å². The fraction of sp³-hybridized carbons (Fsp3) is 0.333. The number of nitrogens with zero attached hydrogens (tertiary/aromatic N) is 3. The minimum Gasteiger partial charge on any atom is -0.387 e. The molecule has 0 radical (unpaired) electrons. The first kappa shape index (κ1) is 12.1. The van der Waals surface area contributed by atoms with Crippen LogP contribution in [0.3, 0.4) is 0 Å². The normalized spacial score (nSPS) is 12.8. The first-order valence-corrected chi connectivity index (χ1v) is 5.74. The topological polar surface area (TPSA) is 50.9 Å². The van der Waals surface area contributed by atoms with Gasteiger partial charge in [-0.15, -0.1) is 0 Å². The smallest absolute Gasteiger partial charge is 0.0931 e. The third-order valence-electron chi connectivity index (χ3n) is 2.65. The average molecular weight is 252 g/mol. The lowest BCUT2D eigenvalue weighted by atomic mass is 10.2. The highest BCUT2D eigenvalue weighted by Gasteiger charge is 2.11. The van der Waals surface area contributed by atoms with Gasteiger partial charge in [0.15, 0.2) is 0 Å². The molecule has 0 aliphatic rings. The molecule has 0 saturated carbocycles. The van der Waals surface area contributed by atoms with Crippen molar-refractivity contribution in [2.45, 2.75) is 26.9 Å². The van der Waals surface area contributed by atoms with Crippen LogP contribution in [0.15, 0.2) is 18.3 Å². The highest BCUT2D eigenvalue weighted by atomic mass is 35.5. The van der Waals surface area contributed by atoms with Crippen LogP contribution in [-0.4, -0.2) is 19.9 Å². The zero-order valence-electron chi connectivity index (χ0n) is 9.98. The Bertz CT molecular complexity index is 531. The summed E-state index contributed by atoms with van der Waals surface area (Å²) in [6.07, 6.45) is 1.12. The van der Waals surface area contributed by atoms with Crippen LogP contribution in [-0.2, 0) is 0 Å². The Labute approximate surface area is 105 Å². The molecule has 17 heavy (non-hydrogen) atoms. The Balaban J connectivity index is 2.43. The van der Waals surface area contributed by atoms with E-state index in [2.05, 4.69) is 10.1 Å². The summed E-state index contributed by atoms with van der Waals surface area (Å²) in [7, 11) is 0. The number of aliphatic hydroxyl groups is 1. The minimum absolute atomic E-state index is 0.562. The number of rotatable bonds is 2. The number of aryl methyl sites for hydroxylation is 1. The zero-order valence-corrected chi connectivity index (χ0v) is 10.7. The standard InChI is InChI=1S/C12H14ClN3O/c1-7-12(13)8(2)16(15-7)10-4-5-11(9(3)17)14-6-10/h4-6,9,17H,1-3H3/t9-/m0/s1. The molecule has 2 aromatic heterocycles. The molecule has 2 heterocycles. The molecule has 0 aliphatic carbocycles. The van der Waals surface area contributed by atoms with Crippen molar-refractivity contribution < 1.29 is 5.11 Å². The Morgan fingerprint density at radius 2 is 2.06 bits per heavy atom. The van der Waals surface area contributed by atoms with Gasteiger partial charge in [0.05, 0.1) is 40.1 Å². The zero-order chi connectivity index (χ0) is 12.6. The van der Waals surface area contributed by atoms with Crippen molar-refractivity contribution in [2.75, 3.05) is 0 Å². The second-order valence-corrected chi connectivity index (χ2v) is 4.39. The largest absolute Gasteiger partial charge is 0.387 e. The van der Waals surface area contributed by atoms with Crippen molar-refractivity contribution in [3.05, 3.63) is 40.4 Å². The minimum atomic E-state index is -0.562. The van der Waals surface area contributed by atoms with Crippen LogP contribution in [0, 0.1) is 13.8 Å². The molecule has 0 unspecified atom stereocenters. The number of halogens is 1. The van der Waals surface area contributed by atoms with Gasteiger partial charge in [-0.25, -0.2) is 4.68 Å². The van der Waals surface area contributed by atoms with Gasteiger partial charge in [-0.2, -0.15) is 5.10 Å². The van der Waals surface area contributed by atoms with Crippen molar-refractivity contribution in [2.24, 2.45) is 0 Å². The van der Waals surface area contributed by atoms with Crippen LogP contribution in [0.5, 0.6) is 0 Å². The lowest BCUT2D eigenvalue weighted by molar-refractivity contribution is 0.194. The predicted molar refractivity (Wildman–Crippen MR) is 66.5 cm³/mol. The number of hydrogen-bond donors (Lipinski definition) is 1. The van der Waals surface area contributed by atoms with Crippen LogP contribution >= 0.6 is 11.6 Å². The first-order chi connectivity index (χ1) is 8.00.